The molecule has 6 rings (SSSR count). The number of amides is 1. The second kappa shape index (κ2) is 13.2. The van der Waals surface area contributed by atoms with Crippen LogP contribution in [0.2, 0.25) is 0 Å². The SMILES string of the molecule is CO[C@H]1CCC[C@H]([C@@H]2CC(=O)N2C(C(=O)OCc2ccccc2)=P(c2ccccc2)(c2ccccc2)c2ccccc2)C1=O. The zero-order valence-electron chi connectivity index (χ0n) is 24.8. The summed E-state index contributed by atoms with van der Waals surface area (Å²) in [5, 5.41) is 2.77. The van der Waals surface area contributed by atoms with Crippen LogP contribution in [0.4, 0.5) is 0 Å². The molecule has 0 bridgehead atoms. The monoisotopic (exact) mass is 605 g/mol. The number of ether oxygens (including phenoxy) is 2. The molecule has 2 fully saturated rings. The van der Waals surface area contributed by atoms with Crippen LogP contribution in [0.1, 0.15) is 31.2 Å². The van der Waals surface area contributed by atoms with Gasteiger partial charge in [-0.2, -0.15) is 0 Å². The standard InChI is InChI=1S/C37H36NO5P/c1-42-33-24-14-23-31(35(33)40)32-25-34(39)38(32)36(37(41)43-26-27-15-6-2-7-16-27)44(28-17-8-3-9-18-28,29-19-10-4-11-20-29)30-21-12-5-13-22-30/h2-13,15-22,31-33H,14,23-26H2,1H3/t31-,32+,33+/m1/s1. The molecule has 1 aliphatic heterocycles. The fraction of sp³-hybridized carbons (Fsp3) is 0.243. The van der Waals surface area contributed by atoms with Gasteiger partial charge < -0.3 is 14.4 Å². The van der Waals surface area contributed by atoms with Gasteiger partial charge >= 0.3 is 5.97 Å². The average Bonchev–Trinajstić information content (AvgIpc) is 3.08. The lowest BCUT2D eigenvalue weighted by atomic mass is 9.76. The van der Waals surface area contributed by atoms with Crippen molar-refractivity contribution in [1.82, 2.24) is 4.90 Å². The van der Waals surface area contributed by atoms with Crippen molar-refractivity contribution in [2.75, 3.05) is 7.11 Å². The van der Waals surface area contributed by atoms with Gasteiger partial charge in [-0.1, -0.05) is 121 Å². The van der Waals surface area contributed by atoms with E-state index < -0.39 is 30.9 Å². The van der Waals surface area contributed by atoms with Gasteiger partial charge in [0.15, 0.2) is 5.78 Å². The lowest BCUT2D eigenvalue weighted by molar-refractivity contribution is -0.152. The van der Waals surface area contributed by atoms with Crippen molar-refractivity contribution in [1.29, 1.82) is 0 Å². The number of carbonyl (C=O) groups is 3. The summed E-state index contributed by atoms with van der Waals surface area (Å²) in [6, 6.07) is 38.9. The van der Waals surface area contributed by atoms with Crippen LogP contribution in [0.25, 0.3) is 0 Å². The molecule has 6 nitrogen and oxygen atoms in total. The Balaban J connectivity index is 1.64. The largest absolute Gasteiger partial charge is 0.456 e. The number of hydrogen-bond donors (Lipinski definition) is 0. The summed E-state index contributed by atoms with van der Waals surface area (Å²) in [7, 11) is 1.56. The van der Waals surface area contributed by atoms with Crippen molar-refractivity contribution < 1.29 is 23.9 Å². The molecule has 0 N–H and O–H groups in total. The first-order valence-electron chi connectivity index (χ1n) is 15.1. The lowest BCUT2D eigenvalue weighted by Gasteiger charge is -2.48. The number of methoxy groups -OCH3 is 1. The molecular weight excluding hydrogens is 569 g/mol. The molecular formula is C37H36NO5P. The summed E-state index contributed by atoms with van der Waals surface area (Å²) in [4.78, 5) is 43.9. The highest BCUT2D eigenvalue weighted by Gasteiger charge is 2.52. The van der Waals surface area contributed by atoms with Crippen LogP contribution in [0.5, 0.6) is 0 Å². The quantitative estimate of drug-likeness (QED) is 0.155. The molecule has 3 atom stereocenters. The third-order valence-corrected chi connectivity index (χ3v) is 13.0. The van der Waals surface area contributed by atoms with E-state index in [0.29, 0.717) is 18.3 Å². The molecule has 0 radical (unpaired) electrons. The first kappa shape index (κ1) is 29.8. The number of Topliss-reactive ketones (excluding diaryl/α,β-unsaturated/α-hetero) is 1. The Labute approximate surface area is 258 Å². The van der Waals surface area contributed by atoms with E-state index in [-0.39, 0.29) is 24.7 Å². The highest BCUT2D eigenvalue weighted by molar-refractivity contribution is 7.96. The van der Waals surface area contributed by atoms with Crippen LogP contribution < -0.4 is 15.9 Å². The van der Waals surface area contributed by atoms with Crippen LogP contribution in [0.3, 0.4) is 0 Å². The molecule has 4 aromatic rings. The van der Waals surface area contributed by atoms with Crippen LogP contribution >= 0.6 is 6.89 Å². The van der Waals surface area contributed by atoms with Crippen LogP contribution in [-0.2, 0) is 30.5 Å². The maximum atomic E-state index is 14.8. The maximum Gasteiger partial charge on any atom is 0.356 e. The van der Waals surface area contributed by atoms with Crippen molar-refractivity contribution in [2.45, 2.75) is 44.4 Å². The Hall–Kier alpha value is -4.25. The first-order valence-corrected chi connectivity index (χ1v) is 16.9. The van der Waals surface area contributed by atoms with E-state index in [2.05, 4.69) is 0 Å². The number of rotatable bonds is 9. The van der Waals surface area contributed by atoms with Crippen molar-refractivity contribution in [2.24, 2.45) is 5.92 Å². The van der Waals surface area contributed by atoms with E-state index >= 15 is 0 Å². The van der Waals surface area contributed by atoms with Gasteiger partial charge in [0.05, 0.1) is 6.04 Å². The molecule has 4 aromatic carbocycles. The molecule has 0 unspecified atom stereocenters. The van der Waals surface area contributed by atoms with E-state index in [1.54, 1.807) is 12.0 Å². The van der Waals surface area contributed by atoms with Gasteiger partial charge in [0.2, 0.25) is 5.91 Å². The summed E-state index contributed by atoms with van der Waals surface area (Å²) in [6.45, 7) is -2.97. The number of carbonyl (C=O) groups excluding carboxylic acids is 3. The Bertz CT molecular complexity index is 1570. The van der Waals surface area contributed by atoms with Gasteiger partial charge in [-0.05, 0) is 40.7 Å². The Kier molecular flexibility index (Phi) is 8.92. The number of nitrogens with zero attached hydrogens (tertiary/aromatic N) is 1. The molecule has 2 aliphatic rings. The highest BCUT2D eigenvalue weighted by atomic mass is 31.2. The van der Waals surface area contributed by atoms with Crippen LogP contribution in [0, 0.1) is 5.92 Å². The smallest absolute Gasteiger partial charge is 0.356 e. The summed E-state index contributed by atoms with van der Waals surface area (Å²) < 4.78 is 11.7. The van der Waals surface area contributed by atoms with Crippen molar-refractivity contribution in [3.8, 4) is 0 Å². The molecule has 0 aromatic heterocycles. The molecule has 224 valence electrons. The Morgan fingerprint density at radius 3 is 1.73 bits per heavy atom. The van der Waals surface area contributed by atoms with Gasteiger partial charge in [0, 0.05) is 26.3 Å². The lowest BCUT2D eigenvalue weighted by Crippen LogP contribution is -2.64. The van der Waals surface area contributed by atoms with E-state index in [4.69, 9.17) is 9.47 Å². The molecule has 1 saturated heterocycles. The molecule has 7 heteroatoms. The maximum absolute atomic E-state index is 14.8. The van der Waals surface area contributed by atoms with E-state index in [1.165, 1.54) is 0 Å². The molecule has 1 amide bonds. The van der Waals surface area contributed by atoms with E-state index in [9.17, 15) is 14.4 Å². The minimum absolute atomic E-state index is 0.00122. The zero-order chi connectivity index (χ0) is 30.5. The highest BCUT2D eigenvalue weighted by Crippen LogP contribution is 2.49. The predicted molar refractivity (Wildman–Crippen MR) is 175 cm³/mol. The molecule has 1 saturated carbocycles. The van der Waals surface area contributed by atoms with Gasteiger partial charge in [-0.15, -0.1) is 0 Å². The minimum atomic E-state index is -3.03. The van der Waals surface area contributed by atoms with Gasteiger partial charge in [0.25, 0.3) is 0 Å². The molecule has 0 spiro atoms. The third-order valence-electron chi connectivity index (χ3n) is 8.77. The Morgan fingerprint density at radius 1 is 0.750 bits per heavy atom. The van der Waals surface area contributed by atoms with Gasteiger partial charge in [-0.3, -0.25) is 9.59 Å². The van der Waals surface area contributed by atoms with E-state index in [1.807, 2.05) is 121 Å². The molecule has 1 heterocycles. The second-order valence-corrected chi connectivity index (χ2v) is 14.6. The van der Waals surface area contributed by atoms with Crippen molar-refractivity contribution in [3.63, 3.8) is 0 Å². The van der Waals surface area contributed by atoms with Crippen molar-refractivity contribution in [3.05, 3.63) is 127 Å². The number of β-lactam (4-membered cyclic amide) rings is 1. The normalized spacial score (nSPS) is 20.1. The summed E-state index contributed by atoms with van der Waals surface area (Å²) >= 11 is 0. The summed E-state index contributed by atoms with van der Waals surface area (Å²) in [6.07, 6.45) is 1.82. The topological polar surface area (TPSA) is 72.9 Å². The van der Waals surface area contributed by atoms with Crippen molar-refractivity contribution >= 4 is 45.9 Å². The average molecular weight is 606 g/mol. The zero-order valence-corrected chi connectivity index (χ0v) is 25.6. The fourth-order valence-electron chi connectivity index (χ4n) is 6.65. The van der Waals surface area contributed by atoms with Crippen LogP contribution in [-0.4, -0.2) is 47.2 Å². The van der Waals surface area contributed by atoms with Gasteiger partial charge in [-0.25, -0.2) is 4.79 Å². The third kappa shape index (κ3) is 5.45. The fourth-order valence-corrected chi connectivity index (χ4v) is 11.1. The minimum Gasteiger partial charge on any atom is -0.456 e. The number of esters is 1. The number of ketones is 1. The van der Waals surface area contributed by atoms with E-state index in [0.717, 1.165) is 27.9 Å². The molecule has 1 aliphatic carbocycles. The number of likely N-dealkylation sites (tertiary alicyclic amines) is 1. The summed E-state index contributed by atoms with van der Waals surface area (Å²) in [5.41, 5.74) is 1.16. The second-order valence-electron chi connectivity index (χ2n) is 11.3. The summed E-state index contributed by atoms with van der Waals surface area (Å²) in [5.74, 6) is -1.15. The predicted octanol–water partition coefficient (Wildman–Crippen LogP) is 4.84. The van der Waals surface area contributed by atoms with Crippen LogP contribution in [0.15, 0.2) is 121 Å². The first-order chi connectivity index (χ1) is 21.6. The Morgan fingerprint density at radius 2 is 1.25 bits per heavy atom. The number of hydrogen-bond acceptors (Lipinski definition) is 5. The number of benzene rings is 4. The molecule has 44 heavy (non-hydrogen) atoms. The van der Waals surface area contributed by atoms with Gasteiger partial charge in [0.1, 0.15) is 18.1 Å².